The zero-order valence-electron chi connectivity index (χ0n) is 15.6. The van der Waals surface area contributed by atoms with Gasteiger partial charge in [-0.2, -0.15) is 0 Å². The summed E-state index contributed by atoms with van der Waals surface area (Å²) in [6.07, 6.45) is 0.912. The van der Waals surface area contributed by atoms with E-state index in [1.807, 2.05) is 13.0 Å². The number of rotatable bonds is 9. The number of carbonyl (C=O) groups is 1. The highest BCUT2D eigenvalue weighted by molar-refractivity contribution is 5.94. The first kappa shape index (κ1) is 19.4. The van der Waals surface area contributed by atoms with Crippen molar-refractivity contribution in [1.29, 1.82) is 0 Å². The van der Waals surface area contributed by atoms with Gasteiger partial charge in [-0.3, -0.25) is 4.79 Å². The maximum Gasteiger partial charge on any atom is 0.251 e. The molecule has 0 saturated heterocycles. The summed E-state index contributed by atoms with van der Waals surface area (Å²) in [7, 11) is 4.70. The minimum atomic E-state index is -0.191. The van der Waals surface area contributed by atoms with Crippen LogP contribution in [0.4, 0.5) is 0 Å². The molecule has 0 atom stereocenters. The van der Waals surface area contributed by atoms with Gasteiger partial charge in [0.1, 0.15) is 11.5 Å². The van der Waals surface area contributed by atoms with Gasteiger partial charge >= 0.3 is 0 Å². The molecular formula is C20H25NO5. The van der Waals surface area contributed by atoms with E-state index in [2.05, 4.69) is 5.32 Å². The van der Waals surface area contributed by atoms with E-state index in [4.69, 9.17) is 18.9 Å². The molecule has 26 heavy (non-hydrogen) atoms. The molecule has 140 valence electrons. The van der Waals surface area contributed by atoms with Gasteiger partial charge in [0.25, 0.3) is 5.91 Å². The van der Waals surface area contributed by atoms with Crippen LogP contribution in [0.3, 0.4) is 0 Å². The molecule has 0 saturated carbocycles. The van der Waals surface area contributed by atoms with E-state index >= 15 is 0 Å². The fourth-order valence-electron chi connectivity index (χ4n) is 2.46. The summed E-state index contributed by atoms with van der Waals surface area (Å²) in [6, 6.07) is 10.6. The molecule has 6 nitrogen and oxygen atoms in total. The molecule has 2 rings (SSSR count). The monoisotopic (exact) mass is 359 g/mol. The van der Waals surface area contributed by atoms with Gasteiger partial charge in [0.05, 0.1) is 27.9 Å². The van der Waals surface area contributed by atoms with Crippen molar-refractivity contribution in [2.24, 2.45) is 0 Å². The van der Waals surface area contributed by atoms with E-state index in [0.29, 0.717) is 41.7 Å². The predicted octanol–water partition coefficient (Wildman–Crippen LogP) is 3.43. The first-order valence-corrected chi connectivity index (χ1v) is 8.42. The fourth-order valence-corrected chi connectivity index (χ4v) is 2.46. The van der Waals surface area contributed by atoms with E-state index in [1.165, 1.54) is 0 Å². The summed E-state index contributed by atoms with van der Waals surface area (Å²) >= 11 is 0. The average Bonchev–Trinajstić information content (AvgIpc) is 2.69. The largest absolute Gasteiger partial charge is 0.496 e. The smallest absolute Gasteiger partial charge is 0.251 e. The molecule has 0 aromatic heterocycles. The zero-order chi connectivity index (χ0) is 18.9. The number of nitrogens with one attached hydrogen (secondary N) is 1. The van der Waals surface area contributed by atoms with E-state index in [9.17, 15) is 4.79 Å². The molecule has 2 aromatic carbocycles. The third-order valence-electron chi connectivity index (χ3n) is 3.80. The Labute approximate surface area is 154 Å². The molecule has 0 aliphatic heterocycles. The van der Waals surface area contributed by atoms with Gasteiger partial charge in [-0.25, -0.2) is 0 Å². The van der Waals surface area contributed by atoms with Crippen LogP contribution < -0.4 is 24.3 Å². The van der Waals surface area contributed by atoms with Crippen LogP contribution in [-0.4, -0.2) is 33.8 Å². The first-order chi connectivity index (χ1) is 12.6. The summed E-state index contributed by atoms with van der Waals surface area (Å²) in [5, 5.41) is 2.89. The predicted molar refractivity (Wildman–Crippen MR) is 99.5 cm³/mol. The van der Waals surface area contributed by atoms with E-state index in [1.54, 1.807) is 51.7 Å². The van der Waals surface area contributed by atoms with E-state index in [-0.39, 0.29) is 5.91 Å². The number of hydrogen-bond donors (Lipinski definition) is 1. The molecule has 0 unspecified atom stereocenters. The Hall–Kier alpha value is -2.89. The van der Waals surface area contributed by atoms with Crippen molar-refractivity contribution in [1.82, 2.24) is 5.32 Å². The normalized spacial score (nSPS) is 10.2. The van der Waals surface area contributed by atoms with Gasteiger partial charge in [0.2, 0.25) is 0 Å². The molecule has 0 aliphatic rings. The second kappa shape index (κ2) is 9.56. The number of ether oxygens (including phenoxy) is 4. The molecule has 0 fully saturated rings. The zero-order valence-corrected chi connectivity index (χ0v) is 15.6. The Bertz CT molecular complexity index is 745. The van der Waals surface area contributed by atoms with Crippen molar-refractivity contribution >= 4 is 5.91 Å². The maximum atomic E-state index is 12.5. The molecule has 0 spiro atoms. The van der Waals surface area contributed by atoms with Crippen LogP contribution in [0.5, 0.6) is 23.0 Å². The Kier molecular flexibility index (Phi) is 7.14. The van der Waals surface area contributed by atoms with Crippen LogP contribution in [0.25, 0.3) is 0 Å². The second-order valence-electron chi connectivity index (χ2n) is 5.58. The molecule has 1 N–H and O–H groups in total. The van der Waals surface area contributed by atoms with Crippen LogP contribution in [0.1, 0.15) is 29.3 Å². The molecule has 1 amide bonds. The summed E-state index contributed by atoms with van der Waals surface area (Å²) < 4.78 is 21.5. The summed E-state index contributed by atoms with van der Waals surface area (Å²) in [5.74, 6) is 2.25. The van der Waals surface area contributed by atoms with Gasteiger partial charge < -0.3 is 24.3 Å². The number of methoxy groups -OCH3 is 3. The lowest BCUT2D eigenvalue weighted by atomic mass is 10.1. The van der Waals surface area contributed by atoms with Gasteiger partial charge in [-0.1, -0.05) is 13.0 Å². The number of amides is 1. The molecule has 0 aliphatic carbocycles. The number of carbonyl (C=O) groups excluding carboxylic acids is 1. The van der Waals surface area contributed by atoms with Crippen molar-refractivity contribution < 1.29 is 23.7 Å². The Morgan fingerprint density at radius 2 is 1.65 bits per heavy atom. The SMILES string of the molecule is CCCOc1cccc(C(=O)NCc2cc(OC)c(OC)cc2OC)c1. The summed E-state index contributed by atoms with van der Waals surface area (Å²) in [6.45, 7) is 2.95. The molecule has 0 heterocycles. The number of benzene rings is 2. The lowest BCUT2D eigenvalue weighted by Gasteiger charge is -2.14. The highest BCUT2D eigenvalue weighted by Crippen LogP contribution is 2.34. The molecule has 0 bridgehead atoms. The standard InChI is InChI=1S/C20H25NO5/c1-5-9-26-16-8-6-7-14(10-16)20(22)21-13-15-11-18(24-3)19(25-4)12-17(15)23-2/h6-8,10-12H,5,9,13H2,1-4H3,(H,21,22). The van der Waals surface area contributed by atoms with Crippen LogP contribution in [0, 0.1) is 0 Å². The van der Waals surface area contributed by atoms with E-state index in [0.717, 1.165) is 12.0 Å². The highest BCUT2D eigenvalue weighted by Gasteiger charge is 2.13. The Morgan fingerprint density at radius 1 is 0.962 bits per heavy atom. The average molecular weight is 359 g/mol. The lowest BCUT2D eigenvalue weighted by molar-refractivity contribution is 0.0950. The minimum Gasteiger partial charge on any atom is -0.496 e. The Morgan fingerprint density at radius 3 is 2.31 bits per heavy atom. The van der Waals surface area contributed by atoms with Crippen LogP contribution >= 0.6 is 0 Å². The quantitative estimate of drug-likeness (QED) is 0.743. The van der Waals surface area contributed by atoms with Gasteiger partial charge in [-0.05, 0) is 30.7 Å². The lowest BCUT2D eigenvalue weighted by Crippen LogP contribution is -2.23. The third-order valence-corrected chi connectivity index (χ3v) is 3.80. The van der Waals surface area contributed by atoms with Crippen LogP contribution in [0.15, 0.2) is 36.4 Å². The van der Waals surface area contributed by atoms with Crippen molar-refractivity contribution in [3.8, 4) is 23.0 Å². The topological polar surface area (TPSA) is 66.0 Å². The fraction of sp³-hybridized carbons (Fsp3) is 0.350. The molecule has 0 radical (unpaired) electrons. The van der Waals surface area contributed by atoms with Crippen molar-refractivity contribution in [3.05, 3.63) is 47.5 Å². The van der Waals surface area contributed by atoms with Crippen molar-refractivity contribution in [2.75, 3.05) is 27.9 Å². The minimum absolute atomic E-state index is 0.191. The molecule has 2 aromatic rings. The van der Waals surface area contributed by atoms with E-state index < -0.39 is 0 Å². The van der Waals surface area contributed by atoms with Gasteiger partial charge in [0.15, 0.2) is 11.5 Å². The second-order valence-corrected chi connectivity index (χ2v) is 5.58. The third kappa shape index (κ3) is 4.81. The first-order valence-electron chi connectivity index (χ1n) is 8.42. The maximum absolute atomic E-state index is 12.5. The molecule has 6 heteroatoms. The molecular weight excluding hydrogens is 334 g/mol. The van der Waals surface area contributed by atoms with Crippen LogP contribution in [0.2, 0.25) is 0 Å². The van der Waals surface area contributed by atoms with Crippen molar-refractivity contribution in [2.45, 2.75) is 19.9 Å². The van der Waals surface area contributed by atoms with Crippen LogP contribution in [-0.2, 0) is 6.54 Å². The highest BCUT2D eigenvalue weighted by atomic mass is 16.5. The Balaban J connectivity index is 2.11. The summed E-state index contributed by atoms with van der Waals surface area (Å²) in [5.41, 5.74) is 1.33. The van der Waals surface area contributed by atoms with Crippen molar-refractivity contribution in [3.63, 3.8) is 0 Å². The number of hydrogen-bond acceptors (Lipinski definition) is 5. The van der Waals surface area contributed by atoms with Gasteiger partial charge in [-0.15, -0.1) is 0 Å². The van der Waals surface area contributed by atoms with Gasteiger partial charge in [0, 0.05) is 23.7 Å². The summed E-state index contributed by atoms with van der Waals surface area (Å²) in [4.78, 5) is 12.5.